The predicted molar refractivity (Wildman–Crippen MR) is 97.2 cm³/mol. The Morgan fingerprint density at radius 3 is 2.24 bits per heavy atom. The van der Waals surface area contributed by atoms with Crippen LogP contribution in [0.15, 0.2) is 24.3 Å². The van der Waals surface area contributed by atoms with Crippen molar-refractivity contribution in [3.8, 4) is 0 Å². The maximum atomic E-state index is 13.1. The smallest absolute Gasteiger partial charge is 0.230 e. The van der Waals surface area contributed by atoms with Crippen LogP contribution in [0.25, 0.3) is 0 Å². The second-order valence-electron chi connectivity index (χ2n) is 7.78. The average Bonchev–Trinajstić information content (AvgIpc) is 3.21. The molecule has 4 rings (SSSR count). The molecule has 1 aliphatic carbocycles. The third-order valence-electron chi connectivity index (χ3n) is 6.24. The standard InChI is InChI=1S/C21H28N2O2/c24-20(22-12-3-4-13-22)17-10-14-23(15-11-17)21(25)19-9-5-7-16-6-1-2-8-18(16)19/h1-2,6,8,17,19H,3-5,7,9-15H2. The van der Waals surface area contributed by atoms with Gasteiger partial charge in [0.05, 0.1) is 5.92 Å². The lowest BCUT2D eigenvalue weighted by Crippen LogP contribution is -2.45. The summed E-state index contributed by atoms with van der Waals surface area (Å²) in [6.45, 7) is 3.33. The lowest BCUT2D eigenvalue weighted by atomic mass is 9.81. The number of carbonyl (C=O) groups is 2. The van der Waals surface area contributed by atoms with E-state index in [-0.39, 0.29) is 17.7 Å². The van der Waals surface area contributed by atoms with E-state index in [2.05, 4.69) is 18.2 Å². The summed E-state index contributed by atoms with van der Waals surface area (Å²) in [5, 5.41) is 0. The molecular weight excluding hydrogens is 312 g/mol. The molecule has 0 bridgehead atoms. The molecule has 0 radical (unpaired) electrons. The molecule has 2 amide bonds. The van der Waals surface area contributed by atoms with Crippen LogP contribution in [0.2, 0.25) is 0 Å². The second-order valence-corrected chi connectivity index (χ2v) is 7.78. The third kappa shape index (κ3) is 3.31. The van der Waals surface area contributed by atoms with Gasteiger partial charge in [-0.3, -0.25) is 9.59 Å². The minimum atomic E-state index is 0.0239. The van der Waals surface area contributed by atoms with E-state index in [1.807, 2.05) is 15.9 Å². The van der Waals surface area contributed by atoms with Gasteiger partial charge in [0.25, 0.3) is 0 Å². The summed E-state index contributed by atoms with van der Waals surface area (Å²) in [7, 11) is 0. The minimum Gasteiger partial charge on any atom is -0.342 e. The Morgan fingerprint density at radius 1 is 0.800 bits per heavy atom. The first-order chi connectivity index (χ1) is 12.2. The molecule has 2 saturated heterocycles. The zero-order chi connectivity index (χ0) is 17.2. The number of benzene rings is 1. The van der Waals surface area contributed by atoms with Gasteiger partial charge in [-0.15, -0.1) is 0 Å². The van der Waals surface area contributed by atoms with E-state index in [4.69, 9.17) is 0 Å². The molecule has 0 N–H and O–H groups in total. The van der Waals surface area contributed by atoms with Gasteiger partial charge in [0.1, 0.15) is 0 Å². The van der Waals surface area contributed by atoms with Gasteiger partial charge in [0.15, 0.2) is 0 Å². The van der Waals surface area contributed by atoms with Crippen molar-refractivity contribution in [2.24, 2.45) is 5.92 Å². The molecule has 2 aliphatic heterocycles. The van der Waals surface area contributed by atoms with E-state index in [1.165, 1.54) is 11.1 Å². The first-order valence-electron chi connectivity index (χ1n) is 9.89. The van der Waals surface area contributed by atoms with E-state index in [0.717, 1.165) is 71.1 Å². The quantitative estimate of drug-likeness (QED) is 0.830. The Bertz CT molecular complexity index is 643. The lowest BCUT2D eigenvalue weighted by molar-refractivity contribution is -0.140. The highest BCUT2D eigenvalue weighted by Gasteiger charge is 2.34. The fourth-order valence-electron chi connectivity index (χ4n) is 4.77. The molecule has 0 saturated carbocycles. The van der Waals surface area contributed by atoms with Crippen LogP contribution < -0.4 is 0 Å². The van der Waals surface area contributed by atoms with Crippen LogP contribution in [0.3, 0.4) is 0 Å². The minimum absolute atomic E-state index is 0.0239. The van der Waals surface area contributed by atoms with Gasteiger partial charge in [0.2, 0.25) is 11.8 Å². The molecule has 1 aromatic rings. The number of nitrogens with zero attached hydrogens (tertiary/aromatic N) is 2. The summed E-state index contributed by atoms with van der Waals surface area (Å²) < 4.78 is 0. The normalized spacial score (nSPS) is 24.2. The molecule has 134 valence electrons. The first-order valence-corrected chi connectivity index (χ1v) is 9.89. The van der Waals surface area contributed by atoms with Crippen LogP contribution in [0, 0.1) is 5.92 Å². The molecule has 3 aliphatic rings. The molecule has 25 heavy (non-hydrogen) atoms. The Labute approximate surface area is 150 Å². The number of hydrogen-bond donors (Lipinski definition) is 0. The number of rotatable bonds is 2. The van der Waals surface area contributed by atoms with E-state index in [1.54, 1.807) is 0 Å². The van der Waals surface area contributed by atoms with E-state index in [0.29, 0.717) is 5.91 Å². The van der Waals surface area contributed by atoms with Gasteiger partial charge in [-0.2, -0.15) is 0 Å². The Hall–Kier alpha value is -1.84. The molecule has 4 nitrogen and oxygen atoms in total. The van der Waals surface area contributed by atoms with Crippen molar-refractivity contribution in [3.63, 3.8) is 0 Å². The highest BCUT2D eigenvalue weighted by Crippen LogP contribution is 2.34. The van der Waals surface area contributed by atoms with Gasteiger partial charge in [-0.1, -0.05) is 24.3 Å². The summed E-state index contributed by atoms with van der Waals surface area (Å²) in [6.07, 6.45) is 7.09. The number of carbonyl (C=O) groups excluding carboxylic acids is 2. The first kappa shape index (κ1) is 16.6. The van der Waals surface area contributed by atoms with E-state index >= 15 is 0 Å². The number of aryl methyl sites for hydroxylation is 1. The van der Waals surface area contributed by atoms with Crippen molar-refractivity contribution in [2.75, 3.05) is 26.2 Å². The van der Waals surface area contributed by atoms with Gasteiger partial charge >= 0.3 is 0 Å². The van der Waals surface area contributed by atoms with E-state index in [9.17, 15) is 9.59 Å². The largest absolute Gasteiger partial charge is 0.342 e. The highest BCUT2D eigenvalue weighted by atomic mass is 16.2. The molecule has 0 spiro atoms. The molecule has 1 atom stereocenters. The van der Waals surface area contributed by atoms with Crippen LogP contribution >= 0.6 is 0 Å². The molecule has 1 aromatic carbocycles. The van der Waals surface area contributed by atoms with Gasteiger partial charge < -0.3 is 9.80 Å². The lowest BCUT2D eigenvalue weighted by Gasteiger charge is -2.36. The molecule has 4 heteroatoms. The van der Waals surface area contributed by atoms with E-state index < -0.39 is 0 Å². The zero-order valence-corrected chi connectivity index (χ0v) is 15.0. The number of piperidine rings is 1. The van der Waals surface area contributed by atoms with Crippen LogP contribution in [0.5, 0.6) is 0 Å². The van der Waals surface area contributed by atoms with Crippen molar-refractivity contribution in [3.05, 3.63) is 35.4 Å². The van der Waals surface area contributed by atoms with Crippen LogP contribution in [-0.2, 0) is 16.0 Å². The topological polar surface area (TPSA) is 40.6 Å². The fourth-order valence-corrected chi connectivity index (χ4v) is 4.77. The van der Waals surface area contributed by atoms with Crippen molar-refractivity contribution in [2.45, 2.75) is 50.9 Å². The summed E-state index contributed by atoms with van der Waals surface area (Å²) in [6, 6.07) is 8.41. The van der Waals surface area contributed by atoms with Crippen molar-refractivity contribution < 1.29 is 9.59 Å². The monoisotopic (exact) mass is 340 g/mol. The Kier molecular flexibility index (Phi) is 4.78. The highest BCUT2D eigenvalue weighted by molar-refractivity contribution is 5.85. The van der Waals surface area contributed by atoms with Crippen LogP contribution in [-0.4, -0.2) is 47.8 Å². The molecule has 1 unspecified atom stereocenters. The van der Waals surface area contributed by atoms with Crippen LogP contribution in [0.4, 0.5) is 0 Å². The van der Waals surface area contributed by atoms with Crippen LogP contribution in [0.1, 0.15) is 55.6 Å². The summed E-state index contributed by atoms with van der Waals surface area (Å²) in [4.78, 5) is 29.7. The predicted octanol–water partition coefficient (Wildman–Crippen LogP) is 2.97. The summed E-state index contributed by atoms with van der Waals surface area (Å²) in [5.74, 6) is 0.753. The van der Waals surface area contributed by atoms with Crippen molar-refractivity contribution >= 4 is 11.8 Å². The molecule has 0 aromatic heterocycles. The fraction of sp³-hybridized carbons (Fsp3) is 0.619. The van der Waals surface area contributed by atoms with Gasteiger partial charge in [-0.05, 0) is 56.1 Å². The zero-order valence-electron chi connectivity index (χ0n) is 15.0. The summed E-state index contributed by atoms with van der Waals surface area (Å²) >= 11 is 0. The van der Waals surface area contributed by atoms with Crippen molar-refractivity contribution in [1.29, 1.82) is 0 Å². The number of hydrogen-bond acceptors (Lipinski definition) is 2. The third-order valence-corrected chi connectivity index (χ3v) is 6.24. The number of likely N-dealkylation sites (tertiary alicyclic amines) is 2. The Morgan fingerprint density at radius 2 is 1.48 bits per heavy atom. The SMILES string of the molecule is O=C(C1CCN(C(=O)C2CCCc3ccccc32)CC1)N1CCCC1. The van der Waals surface area contributed by atoms with Gasteiger partial charge in [-0.25, -0.2) is 0 Å². The maximum Gasteiger partial charge on any atom is 0.230 e. The average molecular weight is 340 g/mol. The van der Waals surface area contributed by atoms with Gasteiger partial charge in [0, 0.05) is 32.1 Å². The molecule has 2 fully saturated rings. The number of fused-ring (bicyclic) bond motifs is 1. The maximum absolute atomic E-state index is 13.1. The summed E-state index contributed by atoms with van der Waals surface area (Å²) in [5.41, 5.74) is 2.57. The molecule has 2 heterocycles. The Balaban J connectivity index is 1.38. The molecular formula is C21H28N2O2. The number of amides is 2. The van der Waals surface area contributed by atoms with Crippen molar-refractivity contribution in [1.82, 2.24) is 9.80 Å². The second kappa shape index (κ2) is 7.19.